The summed E-state index contributed by atoms with van der Waals surface area (Å²) in [6, 6.07) is 8.50. The van der Waals surface area contributed by atoms with Gasteiger partial charge in [0.1, 0.15) is 0 Å². The number of amides is 1. The molecular formula is C20H35N5O. The summed E-state index contributed by atoms with van der Waals surface area (Å²) >= 11 is 0. The van der Waals surface area contributed by atoms with Crippen LogP contribution < -0.4 is 10.6 Å². The van der Waals surface area contributed by atoms with Gasteiger partial charge in [-0.05, 0) is 46.0 Å². The lowest BCUT2D eigenvalue weighted by atomic mass is 10.1. The quantitative estimate of drug-likeness (QED) is 0.495. The average molecular weight is 362 g/mol. The van der Waals surface area contributed by atoms with Gasteiger partial charge in [-0.3, -0.25) is 4.79 Å². The molecule has 146 valence electrons. The Hall–Kier alpha value is -2.08. The van der Waals surface area contributed by atoms with Gasteiger partial charge in [0.05, 0.1) is 6.54 Å². The largest absolute Gasteiger partial charge is 0.357 e. The molecule has 26 heavy (non-hydrogen) atoms. The Bertz CT molecular complexity index is 567. The molecule has 1 aromatic carbocycles. The van der Waals surface area contributed by atoms with E-state index in [4.69, 9.17) is 0 Å². The molecule has 0 aliphatic heterocycles. The standard InChI is InChI=1S/C20H35N5O/c1-6-21-20(22-13-12-19(26)25(7-2)8-3)23-15-17-10-9-11-18(14-17)16-24(4)5/h9-11,14H,6-8,12-13,15-16H2,1-5H3,(H2,21,22,23). The summed E-state index contributed by atoms with van der Waals surface area (Å²) in [7, 11) is 4.13. The van der Waals surface area contributed by atoms with Crippen LogP contribution in [-0.2, 0) is 17.9 Å². The predicted molar refractivity (Wildman–Crippen MR) is 109 cm³/mol. The highest BCUT2D eigenvalue weighted by molar-refractivity contribution is 5.81. The Kier molecular flexibility index (Phi) is 10.4. The van der Waals surface area contributed by atoms with Crippen LogP contribution in [0.25, 0.3) is 0 Å². The van der Waals surface area contributed by atoms with Gasteiger partial charge in [0.15, 0.2) is 5.96 Å². The molecule has 0 atom stereocenters. The van der Waals surface area contributed by atoms with Crippen molar-refractivity contribution in [1.29, 1.82) is 0 Å². The van der Waals surface area contributed by atoms with Gasteiger partial charge in [-0.1, -0.05) is 24.3 Å². The zero-order valence-corrected chi connectivity index (χ0v) is 17.0. The predicted octanol–water partition coefficient (Wildman–Crippen LogP) is 2.06. The molecule has 0 aliphatic rings. The van der Waals surface area contributed by atoms with E-state index in [-0.39, 0.29) is 5.91 Å². The van der Waals surface area contributed by atoms with Crippen LogP contribution in [-0.4, -0.2) is 61.9 Å². The number of aliphatic imine (C=N–C) groups is 1. The summed E-state index contributed by atoms with van der Waals surface area (Å²) in [4.78, 5) is 20.7. The first-order valence-corrected chi connectivity index (χ1v) is 9.52. The van der Waals surface area contributed by atoms with E-state index in [1.54, 1.807) is 0 Å². The molecule has 0 radical (unpaired) electrons. The van der Waals surface area contributed by atoms with Gasteiger partial charge in [-0.15, -0.1) is 0 Å². The average Bonchev–Trinajstić information content (AvgIpc) is 2.60. The van der Waals surface area contributed by atoms with Crippen molar-refractivity contribution in [2.45, 2.75) is 40.3 Å². The lowest BCUT2D eigenvalue weighted by molar-refractivity contribution is -0.130. The molecule has 0 bridgehead atoms. The fraction of sp³-hybridized carbons (Fsp3) is 0.600. The van der Waals surface area contributed by atoms with E-state index in [9.17, 15) is 4.79 Å². The van der Waals surface area contributed by atoms with Crippen LogP contribution in [0.5, 0.6) is 0 Å². The van der Waals surface area contributed by atoms with Crippen LogP contribution in [0.1, 0.15) is 38.3 Å². The zero-order valence-electron chi connectivity index (χ0n) is 17.0. The lowest BCUT2D eigenvalue weighted by Crippen LogP contribution is -2.40. The van der Waals surface area contributed by atoms with Gasteiger partial charge >= 0.3 is 0 Å². The van der Waals surface area contributed by atoms with E-state index in [2.05, 4.69) is 58.9 Å². The molecule has 0 aromatic heterocycles. The second kappa shape index (κ2) is 12.3. The number of hydrogen-bond acceptors (Lipinski definition) is 3. The molecule has 0 heterocycles. The Balaban J connectivity index is 2.59. The normalized spacial score (nSPS) is 11.5. The number of rotatable bonds is 10. The summed E-state index contributed by atoms with van der Waals surface area (Å²) in [5, 5.41) is 6.49. The minimum absolute atomic E-state index is 0.176. The summed E-state index contributed by atoms with van der Waals surface area (Å²) in [6.07, 6.45) is 0.477. The summed E-state index contributed by atoms with van der Waals surface area (Å²) in [5.74, 6) is 0.924. The molecule has 0 unspecified atom stereocenters. The molecule has 0 saturated heterocycles. The van der Waals surface area contributed by atoms with Crippen LogP contribution in [0.4, 0.5) is 0 Å². The van der Waals surface area contributed by atoms with E-state index < -0.39 is 0 Å². The summed E-state index contributed by atoms with van der Waals surface area (Å²) in [6.45, 7) is 10.5. The minimum Gasteiger partial charge on any atom is -0.357 e. The molecule has 1 amide bonds. The van der Waals surface area contributed by atoms with Crippen LogP contribution in [0.2, 0.25) is 0 Å². The van der Waals surface area contributed by atoms with Gasteiger partial charge in [0.2, 0.25) is 5.91 Å². The molecular weight excluding hydrogens is 326 g/mol. The first-order chi connectivity index (χ1) is 12.5. The van der Waals surface area contributed by atoms with E-state index >= 15 is 0 Å². The van der Waals surface area contributed by atoms with Crippen molar-refractivity contribution in [3.05, 3.63) is 35.4 Å². The van der Waals surface area contributed by atoms with Gasteiger partial charge in [-0.25, -0.2) is 4.99 Å². The third kappa shape index (κ3) is 8.34. The first-order valence-electron chi connectivity index (χ1n) is 9.52. The van der Waals surface area contributed by atoms with E-state index in [0.29, 0.717) is 19.5 Å². The van der Waals surface area contributed by atoms with Crippen molar-refractivity contribution in [2.75, 3.05) is 40.3 Å². The molecule has 2 N–H and O–H groups in total. The highest BCUT2D eigenvalue weighted by Gasteiger charge is 2.09. The van der Waals surface area contributed by atoms with E-state index in [1.165, 1.54) is 11.1 Å². The molecule has 0 aliphatic carbocycles. The third-order valence-electron chi connectivity index (χ3n) is 4.00. The SMILES string of the molecule is CCNC(=NCc1cccc(CN(C)C)c1)NCCC(=O)N(CC)CC. The number of carbonyl (C=O) groups is 1. The number of hydrogen-bond donors (Lipinski definition) is 2. The van der Waals surface area contributed by atoms with Crippen LogP contribution in [0.3, 0.4) is 0 Å². The lowest BCUT2D eigenvalue weighted by Gasteiger charge is -2.19. The molecule has 6 heteroatoms. The maximum Gasteiger partial charge on any atom is 0.224 e. The number of guanidine groups is 1. The van der Waals surface area contributed by atoms with Gasteiger partial charge in [-0.2, -0.15) is 0 Å². The van der Waals surface area contributed by atoms with Crippen molar-refractivity contribution in [2.24, 2.45) is 4.99 Å². The second-order valence-corrected chi connectivity index (χ2v) is 6.50. The summed E-state index contributed by atoms with van der Waals surface area (Å²) in [5.41, 5.74) is 2.46. The monoisotopic (exact) mass is 361 g/mol. The van der Waals surface area contributed by atoms with Crippen molar-refractivity contribution in [3.63, 3.8) is 0 Å². The highest BCUT2D eigenvalue weighted by Crippen LogP contribution is 2.08. The fourth-order valence-electron chi connectivity index (χ4n) is 2.73. The van der Waals surface area contributed by atoms with Crippen LogP contribution in [0.15, 0.2) is 29.3 Å². The maximum atomic E-state index is 12.1. The van der Waals surface area contributed by atoms with Crippen molar-refractivity contribution < 1.29 is 4.79 Å². The van der Waals surface area contributed by atoms with E-state index in [0.717, 1.165) is 32.1 Å². The summed E-state index contributed by atoms with van der Waals surface area (Å²) < 4.78 is 0. The molecule has 0 spiro atoms. The molecule has 0 saturated carbocycles. The topological polar surface area (TPSA) is 60.0 Å². The Morgan fingerprint density at radius 3 is 2.38 bits per heavy atom. The number of carbonyl (C=O) groups excluding carboxylic acids is 1. The van der Waals surface area contributed by atoms with Crippen molar-refractivity contribution >= 4 is 11.9 Å². The van der Waals surface area contributed by atoms with Crippen molar-refractivity contribution in [1.82, 2.24) is 20.4 Å². The Labute approximate surface area is 158 Å². The molecule has 6 nitrogen and oxygen atoms in total. The molecule has 1 aromatic rings. The number of nitrogens with one attached hydrogen (secondary N) is 2. The number of benzene rings is 1. The highest BCUT2D eigenvalue weighted by atomic mass is 16.2. The smallest absolute Gasteiger partial charge is 0.224 e. The maximum absolute atomic E-state index is 12.1. The second-order valence-electron chi connectivity index (χ2n) is 6.50. The Morgan fingerprint density at radius 2 is 1.77 bits per heavy atom. The Morgan fingerprint density at radius 1 is 1.08 bits per heavy atom. The minimum atomic E-state index is 0.176. The van der Waals surface area contributed by atoms with Crippen LogP contribution >= 0.6 is 0 Å². The van der Waals surface area contributed by atoms with Crippen molar-refractivity contribution in [3.8, 4) is 0 Å². The van der Waals surface area contributed by atoms with Gasteiger partial charge in [0, 0.05) is 39.1 Å². The van der Waals surface area contributed by atoms with Crippen LogP contribution in [0, 0.1) is 0 Å². The van der Waals surface area contributed by atoms with Gasteiger partial charge in [0.25, 0.3) is 0 Å². The number of nitrogens with zero attached hydrogens (tertiary/aromatic N) is 3. The molecule has 1 rings (SSSR count). The van der Waals surface area contributed by atoms with E-state index in [1.807, 2.05) is 25.7 Å². The first kappa shape index (κ1) is 22.0. The van der Waals surface area contributed by atoms with Gasteiger partial charge < -0.3 is 20.4 Å². The third-order valence-corrected chi connectivity index (χ3v) is 4.00. The fourth-order valence-corrected chi connectivity index (χ4v) is 2.73. The molecule has 0 fully saturated rings. The zero-order chi connectivity index (χ0) is 19.4.